The van der Waals surface area contributed by atoms with Gasteiger partial charge in [-0.25, -0.2) is 0 Å². The van der Waals surface area contributed by atoms with E-state index in [1.165, 1.54) is 12.0 Å². The molecule has 0 aliphatic carbocycles. The molecule has 116 valence electrons. The number of carbonyl (C=O) groups excluding carboxylic acids is 2. The van der Waals surface area contributed by atoms with E-state index in [2.05, 4.69) is 5.32 Å². The van der Waals surface area contributed by atoms with Crippen LogP contribution >= 0.6 is 0 Å². The van der Waals surface area contributed by atoms with Gasteiger partial charge in [0.25, 0.3) is 0 Å². The van der Waals surface area contributed by atoms with Crippen LogP contribution in [0.1, 0.15) is 6.42 Å². The highest BCUT2D eigenvalue weighted by atomic mass is 16.5. The van der Waals surface area contributed by atoms with Crippen molar-refractivity contribution in [2.45, 2.75) is 12.0 Å². The molecule has 0 aromatic heterocycles. The van der Waals surface area contributed by atoms with Crippen LogP contribution < -0.4 is 5.32 Å². The standard InChI is InChI=1S/C12H22N2O6/c1-20-3-2-14-5-9(4-10(14)18)11(19)13-12(6-15,7-16)8-17/h9,15-17H,2-8H2,1H3,(H,13,19). The average Bonchev–Trinajstić information content (AvgIpc) is 2.84. The lowest BCUT2D eigenvalue weighted by atomic mass is 10.0. The first-order valence-electron chi connectivity index (χ1n) is 6.43. The topological polar surface area (TPSA) is 119 Å². The van der Waals surface area contributed by atoms with Crippen LogP contribution in [0.15, 0.2) is 0 Å². The number of nitrogens with one attached hydrogen (secondary N) is 1. The third kappa shape index (κ3) is 3.89. The Bertz CT molecular complexity index is 337. The van der Waals surface area contributed by atoms with Gasteiger partial charge in [0, 0.05) is 26.6 Å². The first-order chi connectivity index (χ1) is 9.51. The van der Waals surface area contributed by atoms with E-state index in [-0.39, 0.29) is 18.9 Å². The molecule has 1 fully saturated rings. The van der Waals surface area contributed by atoms with Crippen LogP contribution in [0.3, 0.4) is 0 Å². The van der Waals surface area contributed by atoms with Gasteiger partial charge in [-0.1, -0.05) is 0 Å². The molecule has 4 N–H and O–H groups in total. The van der Waals surface area contributed by atoms with Crippen LogP contribution in [0, 0.1) is 5.92 Å². The molecule has 0 aromatic carbocycles. The molecule has 0 saturated carbocycles. The van der Waals surface area contributed by atoms with Crippen molar-refractivity contribution in [2.75, 3.05) is 46.6 Å². The van der Waals surface area contributed by atoms with Gasteiger partial charge >= 0.3 is 0 Å². The van der Waals surface area contributed by atoms with Gasteiger partial charge in [0.1, 0.15) is 5.54 Å². The van der Waals surface area contributed by atoms with Gasteiger partial charge in [0.2, 0.25) is 11.8 Å². The number of methoxy groups -OCH3 is 1. The Hall–Kier alpha value is -1.22. The van der Waals surface area contributed by atoms with E-state index in [0.29, 0.717) is 13.2 Å². The lowest BCUT2D eigenvalue weighted by molar-refractivity contribution is -0.130. The molecule has 1 aliphatic rings. The fourth-order valence-electron chi connectivity index (χ4n) is 2.00. The van der Waals surface area contributed by atoms with Crippen molar-refractivity contribution in [3.63, 3.8) is 0 Å². The second kappa shape index (κ2) is 7.53. The fourth-order valence-corrected chi connectivity index (χ4v) is 2.00. The van der Waals surface area contributed by atoms with E-state index >= 15 is 0 Å². The van der Waals surface area contributed by atoms with Gasteiger partial charge in [0.15, 0.2) is 0 Å². The van der Waals surface area contributed by atoms with Crippen molar-refractivity contribution in [3.05, 3.63) is 0 Å². The zero-order valence-electron chi connectivity index (χ0n) is 11.5. The number of hydrogen-bond donors (Lipinski definition) is 4. The van der Waals surface area contributed by atoms with Gasteiger partial charge in [-0.15, -0.1) is 0 Å². The molecular formula is C12H22N2O6. The number of ether oxygens (including phenoxy) is 1. The summed E-state index contributed by atoms with van der Waals surface area (Å²) >= 11 is 0. The van der Waals surface area contributed by atoms with Crippen LogP contribution in [0.4, 0.5) is 0 Å². The normalized spacial score (nSPS) is 19.5. The lowest BCUT2D eigenvalue weighted by Gasteiger charge is -2.29. The third-order valence-electron chi connectivity index (χ3n) is 3.45. The first-order valence-corrected chi connectivity index (χ1v) is 6.43. The van der Waals surface area contributed by atoms with E-state index in [0.717, 1.165) is 0 Å². The zero-order valence-corrected chi connectivity index (χ0v) is 11.5. The van der Waals surface area contributed by atoms with E-state index in [9.17, 15) is 9.59 Å². The molecule has 0 radical (unpaired) electrons. The Balaban J connectivity index is 2.59. The second-order valence-corrected chi connectivity index (χ2v) is 4.98. The van der Waals surface area contributed by atoms with Crippen molar-refractivity contribution in [3.8, 4) is 0 Å². The molecule has 1 heterocycles. The van der Waals surface area contributed by atoms with Crippen LogP contribution in [-0.2, 0) is 14.3 Å². The summed E-state index contributed by atoms with van der Waals surface area (Å²) < 4.78 is 4.89. The number of likely N-dealkylation sites (tertiary alicyclic amines) is 1. The highest BCUT2D eigenvalue weighted by molar-refractivity contribution is 5.89. The summed E-state index contributed by atoms with van der Waals surface area (Å²) in [5.74, 6) is -1.15. The predicted molar refractivity (Wildman–Crippen MR) is 68.7 cm³/mol. The van der Waals surface area contributed by atoms with E-state index in [1.807, 2.05) is 0 Å². The molecule has 2 amide bonds. The smallest absolute Gasteiger partial charge is 0.226 e. The quantitative estimate of drug-likeness (QED) is 0.386. The summed E-state index contributed by atoms with van der Waals surface area (Å²) in [5.41, 5.74) is -1.46. The average molecular weight is 290 g/mol. The minimum atomic E-state index is -1.46. The SMILES string of the molecule is COCCN1CC(C(=O)NC(CO)(CO)CO)CC1=O. The van der Waals surface area contributed by atoms with Crippen molar-refractivity contribution in [1.29, 1.82) is 0 Å². The minimum Gasteiger partial charge on any atom is -0.394 e. The number of amides is 2. The Morgan fingerprint density at radius 2 is 2.00 bits per heavy atom. The maximum absolute atomic E-state index is 12.0. The summed E-state index contributed by atoms with van der Waals surface area (Å²) in [4.78, 5) is 25.3. The van der Waals surface area contributed by atoms with Crippen molar-refractivity contribution >= 4 is 11.8 Å². The fraction of sp³-hybridized carbons (Fsp3) is 0.833. The molecule has 1 unspecified atom stereocenters. The first kappa shape index (κ1) is 16.8. The molecule has 0 spiro atoms. The summed E-state index contributed by atoms with van der Waals surface area (Å²) in [6.07, 6.45) is 0.0773. The second-order valence-electron chi connectivity index (χ2n) is 4.98. The summed E-state index contributed by atoms with van der Waals surface area (Å²) in [7, 11) is 1.53. The molecule has 1 rings (SSSR count). The number of rotatable bonds is 8. The van der Waals surface area contributed by atoms with Crippen molar-refractivity contribution in [1.82, 2.24) is 10.2 Å². The minimum absolute atomic E-state index is 0.0773. The highest BCUT2D eigenvalue weighted by Crippen LogP contribution is 2.18. The van der Waals surface area contributed by atoms with Crippen LogP contribution in [0.5, 0.6) is 0 Å². The molecule has 8 nitrogen and oxygen atoms in total. The summed E-state index contributed by atoms with van der Waals surface area (Å²) in [5, 5.41) is 29.9. The summed E-state index contributed by atoms with van der Waals surface area (Å²) in [6.45, 7) is -0.663. The number of aliphatic hydroxyl groups excluding tert-OH is 3. The van der Waals surface area contributed by atoms with Gasteiger partial charge in [-0.2, -0.15) is 0 Å². The zero-order chi connectivity index (χ0) is 15.2. The molecule has 20 heavy (non-hydrogen) atoms. The van der Waals surface area contributed by atoms with Gasteiger partial charge in [-0.05, 0) is 0 Å². The number of nitrogens with zero attached hydrogens (tertiary/aromatic N) is 1. The van der Waals surface area contributed by atoms with Crippen molar-refractivity contribution in [2.24, 2.45) is 5.92 Å². The molecule has 0 bridgehead atoms. The maximum Gasteiger partial charge on any atom is 0.226 e. The lowest BCUT2D eigenvalue weighted by Crippen LogP contribution is -2.58. The number of hydrogen-bond acceptors (Lipinski definition) is 6. The van der Waals surface area contributed by atoms with Crippen LogP contribution in [-0.4, -0.2) is 84.2 Å². The monoisotopic (exact) mass is 290 g/mol. The summed E-state index contributed by atoms with van der Waals surface area (Å²) in [6, 6.07) is 0. The van der Waals surface area contributed by atoms with E-state index in [4.69, 9.17) is 20.1 Å². The predicted octanol–water partition coefficient (Wildman–Crippen LogP) is -2.69. The molecule has 8 heteroatoms. The molecule has 0 aromatic rings. The highest BCUT2D eigenvalue weighted by Gasteiger charge is 2.38. The molecule has 1 saturated heterocycles. The van der Waals surface area contributed by atoms with Crippen LogP contribution in [0.25, 0.3) is 0 Å². The number of carbonyl (C=O) groups is 2. The Labute approximate surface area is 117 Å². The molecular weight excluding hydrogens is 268 g/mol. The molecule has 1 atom stereocenters. The Morgan fingerprint density at radius 1 is 1.40 bits per heavy atom. The van der Waals surface area contributed by atoms with Crippen LogP contribution in [0.2, 0.25) is 0 Å². The Kier molecular flexibility index (Phi) is 6.34. The Morgan fingerprint density at radius 3 is 2.50 bits per heavy atom. The largest absolute Gasteiger partial charge is 0.394 e. The maximum atomic E-state index is 12.0. The van der Waals surface area contributed by atoms with E-state index < -0.39 is 37.2 Å². The van der Waals surface area contributed by atoms with Gasteiger partial charge < -0.3 is 30.3 Å². The third-order valence-corrected chi connectivity index (χ3v) is 3.45. The number of aliphatic hydroxyl groups is 3. The van der Waals surface area contributed by atoms with Gasteiger partial charge in [0.05, 0.1) is 32.3 Å². The van der Waals surface area contributed by atoms with Crippen molar-refractivity contribution < 1.29 is 29.6 Å². The van der Waals surface area contributed by atoms with E-state index in [1.54, 1.807) is 0 Å². The molecule has 1 aliphatic heterocycles. The van der Waals surface area contributed by atoms with Gasteiger partial charge in [-0.3, -0.25) is 9.59 Å².